The van der Waals surface area contributed by atoms with Crippen LogP contribution in [0.15, 0.2) is 6.08 Å². The lowest BCUT2D eigenvalue weighted by Crippen LogP contribution is -1.63. The van der Waals surface area contributed by atoms with Gasteiger partial charge in [0.15, 0.2) is 0 Å². The molecule has 0 aliphatic heterocycles. The first-order valence-corrected chi connectivity index (χ1v) is 3.70. The first-order valence-electron chi connectivity index (χ1n) is 3.17. The van der Waals surface area contributed by atoms with Crippen LogP contribution in [0.25, 0.3) is 0 Å². The van der Waals surface area contributed by atoms with Gasteiger partial charge < -0.3 is 0 Å². The first-order chi connectivity index (χ1) is 4.41. The summed E-state index contributed by atoms with van der Waals surface area (Å²) in [6, 6.07) is 0. The van der Waals surface area contributed by atoms with Gasteiger partial charge in [0.2, 0.25) is 0 Å². The van der Waals surface area contributed by atoms with E-state index in [9.17, 15) is 4.79 Å². The van der Waals surface area contributed by atoms with Crippen LogP contribution in [0.5, 0.6) is 0 Å². The minimum absolute atomic E-state index is 0.509. The number of carbonyl (C=O) groups excluding carboxylic acids is 1. The molecule has 2 heteroatoms. The molecule has 1 aliphatic carbocycles. The first kappa shape index (κ1) is 8.74. The molecule has 0 heterocycles. The summed E-state index contributed by atoms with van der Waals surface area (Å²) in [5.74, 6) is 2.12. The van der Waals surface area contributed by atoms with E-state index in [1.807, 2.05) is 0 Å². The summed E-state index contributed by atoms with van der Waals surface area (Å²) >= 11 is 5.17. The third-order valence-electron chi connectivity index (χ3n) is 0.690. The van der Waals surface area contributed by atoms with E-state index >= 15 is 0 Å². The molecule has 9 heavy (non-hydrogen) atoms. The molecule has 1 saturated carbocycles. The predicted octanol–water partition coefficient (Wildman–Crippen LogP) is 2.17. The Bertz CT molecular complexity index is 90.3. The van der Waals surface area contributed by atoms with Gasteiger partial charge in [-0.05, 0) is 6.42 Å². The number of allylic oxidation sites excluding steroid dienone is 1. The van der Waals surface area contributed by atoms with Gasteiger partial charge in [-0.3, -0.25) is 0 Å². The second kappa shape index (κ2) is 7.74. The SMILES string of the molecule is C1CC1.O=C=CCCCl. The van der Waals surface area contributed by atoms with E-state index in [2.05, 4.69) is 0 Å². The molecule has 1 nitrogen and oxygen atoms in total. The zero-order chi connectivity index (χ0) is 6.95. The summed E-state index contributed by atoms with van der Waals surface area (Å²) in [6.45, 7) is 0. The summed E-state index contributed by atoms with van der Waals surface area (Å²) in [4.78, 5) is 9.32. The topological polar surface area (TPSA) is 17.1 Å². The van der Waals surface area contributed by atoms with Gasteiger partial charge in [0.1, 0.15) is 5.94 Å². The molecule has 0 unspecified atom stereocenters. The van der Waals surface area contributed by atoms with Crippen molar-refractivity contribution in [2.24, 2.45) is 0 Å². The van der Waals surface area contributed by atoms with E-state index in [1.54, 1.807) is 5.94 Å². The molecule has 1 aliphatic rings. The molecule has 0 bridgehead atoms. The Labute approximate surface area is 60.7 Å². The minimum atomic E-state index is 0.509. The normalized spacial score (nSPS) is 12.6. The van der Waals surface area contributed by atoms with Crippen LogP contribution < -0.4 is 0 Å². The lowest BCUT2D eigenvalue weighted by atomic mass is 10.5. The maximum atomic E-state index is 9.32. The van der Waals surface area contributed by atoms with Crippen molar-refractivity contribution < 1.29 is 4.79 Å². The van der Waals surface area contributed by atoms with Crippen molar-refractivity contribution in [1.29, 1.82) is 0 Å². The van der Waals surface area contributed by atoms with Crippen LogP contribution >= 0.6 is 11.6 Å². The van der Waals surface area contributed by atoms with Crippen LogP contribution in [0.4, 0.5) is 0 Å². The van der Waals surface area contributed by atoms with Crippen molar-refractivity contribution in [2.45, 2.75) is 25.7 Å². The predicted molar refractivity (Wildman–Crippen MR) is 39.5 cm³/mol. The van der Waals surface area contributed by atoms with Crippen LogP contribution in [-0.4, -0.2) is 11.8 Å². The van der Waals surface area contributed by atoms with Crippen molar-refractivity contribution in [3.63, 3.8) is 0 Å². The Morgan fingerprint density at radius 1 is 1.44 bits per heavy atom. The fourth-order valence-corrected chi connectivity index (χ4v) is 0.223. The van der Waals surface area contributed by atoms with Gasteiger partial charge in [0, 0.05) is 12.0 Å². The molecular formula is C7H11ClO. The van der Waals surface area contributed by atoms with Crippen molar-refractivity contribution in [3.8, 4) is 0 Å². The smallest absolute Gasteiger partial charge is 0.120 e. The molecule has 0 atom stereocenters. The fourth-order valence-electron chi connectivity index (χ4n) is 0.113. The molecule has 0 saturated heterocycles. The minimum Gasteiger partial charge on any atom is -0.234 e. The zero-order valence-electron chi connectivity index (χ0n) is 5.40. The van der Waals surface area contributed by atoms with E-state index < -0.39 is 0 Å². The maximum Gasteiger partial charge on any atom is 0.120 e. The van der Waals surface area contributed by atoms with E-state index in [4.69, 9.17) is 11.6 Å². The number of hydrogen-bond acceptors (Lipinski definition) is 1. The molecule has 0 spiro atoms. The monoisotopic (exact) mass is 146 g/mol. The molecule has 1 fully saturated rings. The van der Waals surface area contributed by atoms with Gasteiger partial charge in [-0.2, -0.15) is 0 Å². The summed E-state index contributed by atoms with van der Waals surface area (Å²) < 4.78 is 0. The summed E-state index contributed by atoms with van der Waals surface area (Å²) in [5.41, 5.74) is 0. The summed E-state index contributed by atoms with van der Waals surface area (Å²) in [7, 11) is 0. The number of alkyl halides is 1. The van der Waals surface area contributed by atoms with Crippen molar-refractivity contribution in [2.75, 3.05) is 5.88 Å². The second-order valence-electron chi connectivity index (χ2n) is 1.86. The van der Waals surface area contributed by atoms with Crippen LogP contribution in [0.1, 0.15) is 25.7 Å². The van der Waals surface area contributed by atoms with Crippen molar-refractivity contribution >= 4 is 17.5 Å². The van der Waals surface area contributed by atoms with Gasteiger partial charge in [0.05, 0.1) is 0 Å². The van der Waals surface area contributed by atoms with Crippen LogP contribution in [0, 0.1) is 0 Å². The lowest BCUT2D eigenvalue weighted by molar-refractivity contribution is 0.568. The summed E-state index contributed by atoms with van der Waals surface area (Å²) in [5, 5.41) is 0. The largest absolute Gasteiger partial charge is 0.234 e. The number of halogens is 1. The van der Waals surface area contributed by atoms with Gasteiger partial charge in [0.25, 0.3) is 0 Å². The van der Waals surface area contributed by atoms with Crippen molar-refractivity contribution in [3.05, 3.63) is 6.08 Å². The van der Waals surface area contributed by atoms with E-state index in [0.717, 1.165) is 0 Å². The Morgan fingerprint density at radius 2 is 2.00 bits per heavy atom. The summed E-state index contributed by atoms with van der Waals surface area (Å²) in [6.07, 6.45) is 6.50. The lowest BCUT2D eigenvalue weighted by Gasteiger charge is -1.69. The zero-order valence-corrected chi connectivity index (χ0v) is 6.16. The Balaban J connectivity index is 0.000000173. The quantitative estimate of drug-likeness (QED) is 0.431. The van der Waals surface area contributed by atoms with Crippen molar-refractivity contribution in [1.82, 2.24) is 0 Å². The molecule has 0 aromatic carbocycles. The molecular weight excluding hydrogens is 136 g/mol. The third kappa shape index (κ3) is 18.2. The van der Waals surface area contributed by atoms with E-state index in [0.29, 0.717) is 12.3 Å². The molecule has 1 rings (SSSR count). The standard InChI is InChI=1S/C4H5ClO.C3H6/c5-3-1-2-4-6;1-2-3-1/h2H,1,3H2;1-3H2. The highest BCUT2D eigenvalue weighted by molar-refractivity contribution is 6.17. The van der Waals surface area contributed by atoms with Gasteiger partial charge in [-0.25, -0.2) is 4.79 Å². The molecule has 0 radical (unpaired) electrons. The Morgan fingerprint density at radius 3 is 2.11 bits per heavy atom. The average Bonchev–Trinajstić information content (AvgIpc) is 2.67. The second-order valence-corrected chi connectivity index (χ2v) is 2.24. The molecule has 0 N–H and O–H groups in total. The Hall–Kier alpha value is -0.260. The van der Waals surface area contributed by atoms with E-state index in [-0.39, 0.29) is 0 Å². The molecule has 52 valence electrons. The van der Waals surface area contributed by atoms with Crippen LogP contribution in [-0.2, 0) is 4.79 Å². The Kier molecular flexibility index (Phi) is 7.52. The number of rotatable bonds is 2. The van der Waals surface area contributed by atoms with Crippen LogP contribution in [0.2, 0.25) is 0 Å². The highest BCUT2D eigenvalue weighted by Crippen LogP contribution is 2.14. The highest BCUT2D eigenvalue weighted by atomic mass is 35.5. The highest BCUT2D eigenvalue weighted by Gasteiger charge is 1.95. The molecule has 0 amide bonds. The molecule has 0 aromatic rings. The van der Waals surface area contributed by atoms with Crippen LogP contribution in [0.3, 0.4) is 0 Å². The maximum absolute atomic E-state index is 9.32. The van der Waals surface area contributed by atoms with E-state index in [1.165, 1.54) is 25.3 Å². The van der Waals surface area contributed by atoms with Gasteiger partial charge in [-0.1, -0.05) is 19.3 Å². The average molecular weight is 147 g/mol. The fraction of sp³-hybridized carbons (Fsp3) is 0.714. The number of hydrogen-bond donors (Lipinski definition) is 0. The third-order valence-corrected chi connectivity index (χ3v) is 0.909. The van der Waals surface area contributed by atoms with Gasteiger partial charge in [-0.15, -0.1) is 11.6 Å². The molecule has 0 aromatic heterocycles. The van der Waals surface area contributed by atoms with Gasteiger partial charge >= 0.3 is 0 Å².